The summed E-state index contributed by atoms with van der Waals surface area (Å²) in [5, 5.41) is 11.0. The van der Waals surface area contributed by atoms with Gasteiger partial charge in [0.2, 0.25) is 0 Å². The molecule has 3 aromatic heterocycles. The van der Waals surface area contributed by atoms with Crippen LogP contribution in [0.5, 0.6) is 0 Å². The van der Waals surface area contributed by atoms with Crippen LogP contribution in [0.3, 0.4) is 0 Å². The number of piperidine rings is 1. The van der Waals surface area contributed by atoms with Crippen molar-refractivity contribution in [2.75, 3.05) is 6.54 Å². The topological polar surface area (TPSA) is 74.8 Å². The van der Waals surface area contributed by atoms with Crippen molar-refractivity contribution < 1.29 is 4.79 Å². The van der Waals surface area contributed by atoms with Crippen LogP contribution in [0.15, 0.2) is 17.6 Å². The molecule has 124 valence electrons. The Kier molecular flexibility index (Phi) is 3.80. The predicted octanol–water partition coefficient (Wildman–Crippen LogP) is 3.40. The van der Waals surface area contributed by atoms with E-state index in [4.69, 9.17) is 0 Å². The second-order valence-electron chi connectivity index (χ2n) is 6.28. The minimum Gasteiger partial charge on any atom is -0.329 e. The van der Waals surface area contributed by atoms with E-state index in [1.165, 1.54) is 0 Å². The number of rotatable bonds is 2. The van der Waals surface area contributed by atoms with Crippen LogP contribution in [0, 0.1) is 13.8 Å². The molecule has 4 rings (SSSR count). The number of hydrogen-bond acceptors (Lipinski definition) is 5. The molecule has 7 heteroatoms. The van der Waals surface area contributed by atoms with E-state index in [9.17, 15) is 4.79 Å². The Labute approximate surface area is 143 Å². The maximum atomic E-state index is 13.1. The van der Waals surface area contributed by atoms with Gasteiger partial charge in [0, 0.05) is 34.9 Å². The SMILES string of the molecule is Cc1csc([C@@H]2CCCCN2C(=O)c2cnc3n[nH]c(C)c3c2)n1. The van der Waals surface area contributed by atoms with Crippen LogP contribution in [-0.4, -0.2) is 37.5 Å². The molecule has 0 radical (unpaired) electrons. The number of aryl methyl sites for hydroxylation is 2. The molecule has 0 unspecified atom stereocenters. The van der Waals surface area contributed by atoms with Crippen molar-refractivity contribution in [1.82, 2.24) is 25.1 Å². The molecule has 1 amide bonds. The zero-order valence-electron chi connectivity index (χ0n) is 13.7. The Balaban J connectivity index is 1.68. The van der Waals surface area contributed by atoms with E-state index >= 15 is 0 Å². The van der Waals surface area contributed by atoms with Gasteiger partial charge in [-0.3, -0.25) is 9.89 Å². The van der Waals surface area contributed by atoms with Gasteiger partial charge in [-0.1, -0.05) is 0 Å². The number of nitrogens with zero attached hydrogens (tertiary/aromatic N) is 4. The van der Waals surface area contributed by atoms with Crippen molar-refractivity contribution in [3.05, 3.63) is 39.6 Å². The highest BCUT2D eigenvalue weighted by Gasteiger charge is 2.31. The van der Waals surface area contributed by atoms with Gasteiger partial charge in [0.25, 0.3) is 5.91 Å². The highest BCUT2D eigenvalue weighted by molar-refractivity contribution is 7.09. The maximum absolute atomic E-state index is 13.1. The lowest BCUT2D eigenvalue weighted by atomic mass is 10.0. The summed E-state index contributed by atoms with van der Waals surface area (Å²) in [6.45, 7) is 4.70. The summed E-state index contributed by atoms with van der Waals surface area (Å²) in [7, 11) is 0. The third-order valence-electron chi connectivity index (χ3n) is 4.53. The van der Waals surface area contributed by atoms with Crippen LogP contribution in [0.25, 0.3) is 11.0 Å². The number of hydrogen-bond donors (Lipinski definition) is 1. The fourth-order valence-corrected chi connectivity index (χ4v) is 4.20. The number of H-pyrrole nitrogens is 1. The molecule has 24 heavy (non-hydrogen) atoms. The Morgan fingerprint density at radius 3 is 3.04 bits per heavy atom. The number of aromatic nitrogens is 4. The lowest BCUT2D eigenvalue weighted by Gasteiger charge is -2.34. The highest BCUT2D eigenvalue weighted by Crippen LogP contribution is 2.34. The predicted molar refractivity (Wildman–Crippen MR) is 93.1 cm³/mol. The fourth-order valence-electron chi connectivity index (χ4n) is 3.26. The van der Waals surface area contributed by atoms with Gasteiger partial charge in [0.15, 0.2) is 5.65 Å². The molecular weight excluding hydrogens is 322 g/mol. The van der Waals surface area contributed by atoms with Crippen LogP contribution in [0.1, 0.15) is 52.1 Å². The number of likely N-dealkylation sites (tertiary alicyclic amines) is 1. The van der Waals surface area contributed by atoms with E-state index in [2.05, 4.69) is 25.5 Å². The summed E-state index contributed by atoms with van der Waals surface area (Å²) in [6.07, 6.45) is 4.76. The molecule has 0 spiro atoms. The average molecular weight is 341 g/mol. The van der Waals surface area contributed by atoms with Crippen molar-refractivity contribution in [1.29, 1.82) is 0 Å². The van der Waals surface area contributed by atoms with E-state index in [1.54, 1.807) is 17.5 Å². The van der Waals surface area contributed by atoms with Crippen molar-refractivity contribution in [2.45, 2.75) is 39.2 Å². The van der Waals surface area contributed by atoms with E-state index < -0.39 is 0 Å². The number of fused-ring (bicyclic) bond motifs is 1. The van der Waals surface area contributed by atoms with Crippen LogP contribution in [0.2, 0.25) is 0 Å². The zero-order valence-corrected chi connectivity index (χ0v) is 14.6. The lowest BCUT2D eigenvalue weighted by molar-refractivity contribution is 0.0611. The molecule has 1 aliphatic heterocycles. The Morgan fingerprint density at radius 2 is 2.25 bits per heavy atom. The number of carbonyl (C=O) groups excluding carboxylic acids is 1. The fraction of sp³-hybridized carbons (Fsp3) is 0.412. The molecule has 1 atom stereocenters. The number of aromatic amines is 1. The van der Waals surface area contributed by atoms with Crippen LogP contribution < -0.4 is 0 Å². The third-order valence-corrected chi connectivity index (χ3v) is 5.60. The molecule has 3 aromatic rings. The monoisotopic (exact) mass is 341 g/mol. The second kappa shape index (κ2) is 5.98. The third kappa shape index (κ3) is 2.58. The largest absolute Gasteiger partial charge is 0.329 e. The van der Waals surface area contributed by atoms with Gasteiger partial charge in [-0.05, 0) is 39.2 Å². The van der Waals surface area contributed by atoms with Crippen LogP contribution in [-0.2, 0) is 0 Å². The van der Waals surface area contributed by atoms with Crippen molar-refractivity contribution in [3.8, 4) is 0 Å². The Bertz CT molecular complexity index is 899. The lowest BCUT2D eigenvalue weighted by Crippen LogP contribution is -2.38. The van der Waals surface area contributed by atoms with Crippen molar-refractivity contribution in [3.63, 3.8) is 0 Å². The number of pyridine rings is 1. The second-order valence-corrected chi connectivity index (χ2v) is 7.17. The summed E-state index contributed by atoms with van der Waals surface area (Å²) < 4.78 is 0. The van der Waals surface area contributed by atoms with Gasteiger partial charge in [-0.2, -0.15) is 5.10 Å². The first-order valence-electron chi connectivity index (χ1n) is 8.17. The van der Waals surface area contributed by atoms with Gasteiger partial charge in [-0.25, -0.2) is 9.97 Å². The normalized spacial score (nSPS) is 18.2. The first-order valence-corrected chi connectivity index (χ1v) is 9.05. The van der Waals surface area contributed by atoms with Crippen LogP contribution >= 0.6 is 11.3 Å². The van der Waals surface area contributed by atoms with E-state index in [-0.39, 0.29) is 11.9 Å². The first-order chi connectivity index (χ1) is 11.6. The quantitative estimate of drug-likeness (QED) is 0.775. The van der Waals surface area contributed by atoms with Gasteiger partial charge in [0.1, 0.15) is 5.01 Å². The minimum absolute atomic E-state index is 0.0301. The molecule has 0 bridgehead atoms. The smallest absolute Gasteiger partial charge is 0.256 e. The van der Waals surface area contributed by atoms with Crippen molar-refractivity contribution in [2.24, 2.45) is 0 Å². The number of thiazole rings is 1. The highest BCUT2D eigenvalue weighted by atomic mass is 32.1. The van der Waals surface area contributed by atoms with Gasteiger partial charge in [0.05, 0.1) is 11.6 Å². The minimum atomic E-state index is 0.0301. The summed E-state index contributed by atoms with van der Waals surface area (Å²) >= 11 is 1.64. The molecule has 1 aliphatic rings. The van der Waals surface area contributed by atoms with Gasteiger partial charge in [-0.15, -0.1) is 11.3 Å². The molecule has 1 saturated heterocycles. The maximum Gasteiger partial charge on any atom is 0.256 e. The summed E-state index contributed by atoms with van der Waals surface area (Å²) in [5.41, 5.74) is 3.21. The molecule has 0 aromatic carbocycles. The molecule has 4 heterocycles. The molecule has 0 saturated carbocycles. The molecule has 1 fully saturated rings. The Hall–Kier alpha value is -2.28. The average Bonchev–Trinajstić information content (AvgIpc) is 3.20. The summed E-state index contributed by atoms with van der Waals surface area (Å²) in [5.74, 6) is 0.0301. The van der Waals surface area contributed by atoms with Crippen LogP contribution in [0.4, 0.5) is 0 Å². The summed E-state index contributed by atoms with van der Waals surface area (Å²) in [4.78, 5) is 24.0. The number of amides is 1. The number of carbonyl (C=O) groups is 1. The Morgan fingerprint density at radius 1 is 1.38 bits per heavy atom. The molecular formula is C17H19N5OS. The van der Waals surface area contributed by atoms with Crippen molar-refractivity contribution >= 4 is 28.3 Å². The van der Waals surface area contributed by atoms with E-state index in [0.717, 1.165) is 47.6 Å². The van der Waals surface area contributed by atoms with E-state index in [1.807, 2.05) is 24.8 Å². The van der Waals surface area contributed by atoms with Gasteiger partial charge < -0.3 is 4.90 Å². The molecule has 1 N–H and O–H groups in total. The zero-order chi connectivity index (χ0) is 16.7. The van der Waals surface area contributed by atoms with E-state index in [0.29, 0.717) is 11.2 Å². The first kappa shape index (κ1) is 15.3. The summed E-state index contributed by atoms with van der Waals surface area (Å²) in [6, 6.07) is 1.97. The molecule has 6 nitrogen and oxygen atoms in total. The molecule has 0 aliphatic carbocycles. The standard InChI is InChI=1S/C17H19N5OS/c1-10-9-24-16(19-10)14-5-3-4-6-22(14)17(23)12-7-13-11(2)20-21-15(13)18-8-12/h7-9,14H,3-6H2,1-2H3,(H,18,20,21)/t14-/m0/s1. The van der Waals surface area contributed by atoms with Gasteiger partial charge >= 0.3 is 0 Å². The number of nitrogens with one attached hydrogen (secondary N) is 1.